The summed E-state index contributed by atoms with van der Waals surface area (Å²) in [5.41, 5.74) is 3.81. The normalized spacial score (nSPS) is 19.1. The molecular formula is C48H70N4O9Si. The van der Waals surface area contributed by atoms with Crippen LogP contribution in [0.4, 0.5) is 15.3 Å². The molecule has 0 bridgehead atoms. The first-order valence-electron chi connectivity index (χ1n) is 22.5. The van der Waals surface area contributed by atoms with Crippen LogP contribution in [0.3, 0.4) is 0 Å². The Morgan fingerprint density at radius 3 is 2.18 bits per heavy atom. The van der Waals surface area contributed by atoms with E-state index < -0.39 is 32.6 Å². The zero-order chi connectivity index (χ0) is 45.5. The van der Waals surface area contributed by atoms with Crippen LogP contribution >= 0.6 is 0 Å². The lowest BCUT2D eigenvalue weighted by atomic mass is 9.91. The molecule has 0 radical (unpaired) electrons. The lowest BCUT2D eigenvalue weighted by Gasteiger charge is -2.42. The van der Waals surface area contributed by atoms with Gasteiger partial charge in [0.1, 0.15) is 25.0 Å². The number of carbonyl (C=O) groups excluding carboxylic acids is 5. The average molecular weight is 875 g/mol. The number of rotatable bonds is 19. The number of nitrogens with one attached hydrogen (secondary N) is 2. The first-order chi connectivity index (χ1) is 29.4. The topological polar surface area (TPSA) is 164 Å². The van der Waals surface area contributed by atoms with Crippen LogP contribution in [-0.2, 0) is 32.1 Å². The molecule has 4 amide bonds. The van der Waals surface area contributed by atoms with Gasteiger partial charge in [-0.3, -0.25) is 24.6 Å². The van der Waals surface area contributed by atoms with Gasteiger partial charge >= 0.3 is 12.2 Å². The predicted molar refractivity (Wildman–Crippen MR) is 243 cm³/mol. The van der Waals surface area contributed by atoms with E-state index >= 15 is 0 Å². The van der Waals surface area contributed by atoms with Gasteiger partial charge < -0.3 is 29.2 Å². The molecule has 2 aromatic carbocycles. The number of aliphatic hydroxyl groups is 1. The Balaban J connectivity index is 1.28. The number of anilines is 1. The van der Waals surface area contributed by atoms with Gasteiger partial charge in [-0.1, -0.05) is 98.7 Å². The standard InChI is InChI=1S/C48H70N4O9Si/c1-11-22-59-47(58)51-21-13-14-40(51)44(55)50-43(33(9)12-2)41(54)24-35-15-17-36(18-16-35)28-60-46(57)49-39-25-42(61-62(30(3)4,31(5)6)32(7)8)34(10)23-38(39)45(56)52-29-48(19-20-48)26-37(52)27-53/h11,15-18,23,25,30-33,37,40,43,53H,1,12-14,19-22,24,26-29H2,2-10H3,(H,49,57)(H,50,55)/t33-,37-,40+,43-/m0/s1. The van der Waals surface area contributed by atoms with Crippen LogP contribution in [0.5, 0.6) is 5.75 Å². The summed E-state index contributed by atoms with van der Waals surface area (Å²) in [5, 5.41) is 16.1. The van der Waals surface area contributed by atoms with E-state index in [1.807, 2.05) is 20.8 Å². The van der Waals surface area contributed by atoms with Gasteiger partial charge in [-0.15, -0.1) is 0 Å². The van der Waals surface area contributed by atoms with Gasteiger partial charge in [0.2, 0.25) is 5.91 Å². The van der Waals surface area contributed by atoms with Crippen molar-refractivity contribution in [2.45, 2.75) is 149 Å². The fourth-order valence-corrected chi connectivity index (χ4v) is 15.0. The molecule has 340 valence electrons. The van der Waals surface area contributed by atoms with Crippen LogP contribution in [0.15, 0.2) is 49.1 Å². The molecule has 4 atom stereocenters. The number of aryl methyl sites for hydroxylation is 1. The number of Topliss-reactive ketones (excluding diaryl/α,β-unsaturated/α-hetero) is 1. The van der Waals surface area contributed by atoms with Crippen molar-refractivity contribution < 1.29 is 43.0 Å². The minimum Gasteiger partial charge on any atom is -0.542 e. The van der Waals surface area contributed by atoms with Crippen molar-refractivity contribution in [1.82, 2.24) is 15.1 Å². The molecule has 5 rings (SSSR count). The van der Waals surface area contributed by atoms with Crippen molar-refractivity contribution in [3.63, 3.8) is 0 Å². The van der Waals surface area contributed by atoms with Gasteiger partial charge in [-0.25, -0.2) is 9.59 Å². The summed E-state index contributed by atoms with van der Waals surface area (Å²) < 4.78 is 17.9. The van der Waals surface area contributed by atoms with Crippen LogP contribution in [-0.4, -0.2) is 97.4 Å². The highest BCUT2D eigenvalue weighted by Crippen LogP contribution is 2.55. The first-order valence-corrected chi connectivity index (χ1v) is 24.7. The van der Waals surface area contributed by atoms with Crippen molar-refractivity contribution in [3.8, 4) is 5.75 Å². The number of amides is 4. The fraction of sp³-hybridized carbons (Fsp3) is 0.604. The zero-order valence-corrected chi connectivity index (χ0v) is 39.4. The molecular weight excluding hydrogens is 805 g/mol. The second-order valence-electron chi connectivity index (χ2n) is 18.8. The monoisotopic (exact) mass is 874 g/mol. The number of ether oxygens (including phenoxy) is 2. The Hall–Kier alpha value is -4.69. The lowest BCUT2D eigenvalue weighted by molar-refractivity contribution is -0.131. The number of hydrogen-bond donors (Lipinski definition) is 3. The molecule has 13 nitrogen and oxygen atoms in total. The highest BCUT2D eigenvalue weighted by atomic mass is 28.4. The largest absolute Gasteiger partial charge is 0.542 e. The highest BCUT2D eigenvalue weighted by molar-refractivity contribution is 6.78. The van der Waals surface area contributed by atoms with E-state index in [2.05, 4.69) is 58.8 Å². The summed E-state index contributed by atoms with van der Waals surface area (Å²) >= 11 is 0. The summed E-state index contributed by atoms with van der Waals surface area (Å²) in [7, 11) is -2.40. The van der Waals surface area contributed by atoms with Gasteiger partial charge in [-0.05, 0) is 89.7 Å². The van der Waals surface area contributed by atoms with Gasteiger partial charge in [0.25, 0.3) is 14.2 Å². The number of nitrogens with zero attached hydrogens (tertiary/aromatic N) is 2. The van der Waals surface area contributed by atoms with E-state index in [9.17, 15) is 29.1 Å². The second kappa shape index (κ2) is 20.7. The molecule has 14 heteroatoms. The molecule has 3 fully saturated rings. The van der Waals surface area contributed by atoms with E-state index in [1.54, 1.807) is 41.3 Å². The molecule has 1 spiro atoms. The number of benzene rings is 2. The molecule has 0 unspecified atom stereocenters. The summed E-state index contributed by atoms with van der Waals surface area (Å²) in [6.07, 6.45) is 4.87. The number of ketones is 1. The van der Waals surface area contributed by atoms with Crippen LogP contribution in [0.25, 0.3) is 0 Å². The van der Waals surface area contributed by atoms with Gasteiger partial charge in [0.15, 0.2) is 5.78 Å². The first kappa shape index (κ1) is 48.3. The third-order valence-corrected chi connectivity index (χ3v) is 19.6. The molecule has 3 N–H and O–H groups in total. The van der Waals surface area contributed by atoms with E-state index in [1.165, 1.54) is 11.0 Å². The van der Waals surface area contributed by atoms with Gasteiger partial charge in [0, 0.05) is 25.6 Å². The van der Waals surface area contributed by atoms with Crippen LogP contribution in [0.1, 0.15) is 121 Å². The molecule has 1 saturated carbocycles. The smallest absolute Gasteiger partial charge is 0.411 e. The summed E-state index contributed by atoms with van der Waals surface area (Å²) in [5.74, 6) is -0.283. The molecule has 62 heavy (non-hydrogen) atoms. The maximum absolute atomic E-state index is 14.3. The van der Waals surface area contributed by atoms with Crippen molar-refractivity contribution in [2.75, 3.05) is 31.6 Å². The Morgan fingerprint density at radius 1 is 0.952 bits per heavy atom. The lowest BCUT2D eigenvalue weighted by Crippen LogP contribution is -2.53. The average Bonchev–Trinajstić information content (AvgIpc) is 3.62. The Labute approximate surface area is 369 Å². The van der Waals surface area contributed by atoms with Crippen LogP contribution in [0, 0.1) is 18.3 Å². The summed E-state index contributed by atoms with van der Waals surface area (Å²) in [4.78, 5) is 70.7. The maximum atomic E-state index is 14.3. The quantitative estimate of drug-likeness (QED) is 0.0926. The van der Waals surface area contributed by atoms with E-state index in [-0.39, 0.29) is 61.2 Å². The van der Waals surface area contributed by atoms with Gasteiger partial charge in [-0.2, -0.15) is 0 Å². The van der Waals surface area contributed by atoms with Crippen molar-refractivity contribution in [3.05, 3.63) is 71.3 Å². The highest BCUT2D eigenvalue weighted by Gasteiger charge is 2.53. The number of likely N-dealkylation sites (tertiary alicyclic amines) is 2. The van der Waals surface area contributed by atoms with Crippen LogP contribution in [0.2, 0.25) is 16.6 Å². The number of hydrogen-bond acceptors (Lipinski definition) is 9. The van der Waals surface area contributed by atoms with E-state index in [4.69, 9.17) is 13.9 Å². The van der Waals surface area contributed by atoms with Gasteiger partial charge in [0.05, 0.1) is 29.9 Å². The van der Waals surface area contributed by atoms with Crippen molar-refractivity contribution >= 4 is 43.8 Å². The third-order valence-electron chi connectivity index (χ3n) is 13.6. The Kier molecular flexibility index (Phi) is 16.1. The molecule has 2 heterocycles. The minimum absolute atomic E-state index is 0.0484. The molecule has 2 aliphatic heterocycles. The predicted octanol–water partition coefficient (Wildman–Crippen LogP) is 8.71. The molecule has 2 aromatic rings. The maximum Gasteiger partial charge on any atom is 0.411 e. The third kappa shape index (κ3) is 10.9. The SMILES string of the molecule is C=CCOC(=O)N1CCC[C@@H]1C(=O)N[C@H](C(=O)Cc1ccc(COC(=O)Nc2cc(O[Si](C(C)C)(C(C)C)C(C)C)c(C)cc2C(=O)N2CC3(CC3)C[C@H]2CO)cc1)[C@@H](C)CC. The molecule has 0 aromatic heterocycles. The Morgan fingerprint density at radius 2 is 1.60 bits per heavy atom. The van der Waals surface area contributed by atoms with Crippen molar-refractivity contribution in [1.29, 1.82) is 0 Å². The van der Waals surface area contributed by atoms with E-state index in [0.717, 1.165) is 30.4 Å². The molecule has 3 aliphatic rings. The van der Waals surface area contributed by atoms with Crippen molar-refractivity contribution in [2.24, 2.45) is 11.3 Å². The Bertz CT molecular complexity index is 1920. The zero-order valence-electron chi connectivity index (χ0n) is 38.4. The minimum atomic E-state index is -2.40. The van der Waals surface area contributed by atoms with Crippen LogP contribution < -0.4 is 15.1 Å². The molecule has 1 aliphatic carbocycles. The number of carbonyl (C=O) groups is 5. The molecule has 2 saturated heterocycles. The summed E-state index contributed by atoms with van der Waals surface area (Å²) in [6, 6.07) is 8.98. The second-order valence-corrected chi connectivity index (χ2v) is 24.2. The van der Waals surface area contributed by atoms with E-state index in [0.29, 0.717) is 71.5 Å². The number of aliphatic hydroxyl groups excluding tert-OH is 1. The summed E-state index contributed by atoms with van der Waals surface area (Å²) in [6.45, 7) is 23.5. The fourth-order valence-electron chi connectivity index (χ4n) is 9.74.